The number of hydrogen-bond acceptors (Lipinski definition) is 8. The van der Waals surface area contributed by atoms with Crippen LogP contribution in [0.4, 0.5) is 11.5 Å². The Morgan fingerprint density at radius 2 is 1.90 bits per heavy atom. The molecule has 1 saturated heterocycles. The molecule has 3 aromatic heterocycles. The van der Waals surface area contributed by atoms with Gasteiger partial charge in [0.1, 0.15) is 11.5 Å². The van der Waals surface area contributed by atoms with Crippen LogP contribution in [0.2, 0.25) is 0 Å². The topological polar surface area (TPSA) is 105 Å². The zero-order valence-electron chi connectivity index (χ0n) is 25.0. The number of aromatic nitrogens is 5. The van der Waals surface area contributed by atoms with Crippen molar-refractivity contribution < 1.29 is 9.32 Å². The number of piperidine rings is 1. The average molecular weight is 557 g/mol. The Labute approximate surface area is 241 Å². The number of hydrogen-bond donors (Lipinski definition) is 1. The Balaban J connectivity index is 1.31. The molecule has 1 amide bonds. The van der Waals surface area contributed by atoms with Gasteiger partial charge in [0.25, 0.3) is 5.91 Å². The summed E-state index contributed by atoms with van der Waals surface area (Å²) in [5, 5.41) is 15.6. The Morgan fingerprint density at radius 1 is 1.15 bits per heavy atom. The lowest BCUT2D eigenvalue weighted by molar-refractivity contribution is 0.102. The number of anilines is 2. The fourth-order valence-electron chi connectivity index (χ4n) is 5.15. The van der Waals surface area contributed by atoms with E-state index in [-0.39, 0.29) is 11.3 Å². The van der Waals surface area contributed by atoms with Gasteiger partial charge in [-0.1, -0.05) is 43.3 Å². The van der Waals surface area contributed by atoms with Gasteiger partial charge in [-0.05, 0) is 51.8 Å². The highest BCUT2D eigenvalue weighted by Crippen LogP contribution is 2.28. The van der Waals surface area contributed by atoms with Gasteiger partial charge in [0.2, 0.25) is 0 Å². The normalized spacial score (nSPS) is 14.9. The third kappa shape index (κ3) is 6.32. The van der Waals surface area contributed by atoms with Crippen LogP contribution in [-0.2, 0) is 5.41 Å². The number of benzene rings is 1. The quantitative estimate of drug-likeness (QED) is 0.319. The van der Waals surface area contributed by atoms with E-state index in [1.807, 2.05) is 40.0 Å². The minimum atomic E-state index is -0.331. The molecule has 4 aromatic rings. The molecular formula is C31H40N8O2. The first-order valence-electron chi connectivity index (χ1n) is 14.2. The Hall–Kier alpha value is -4.05. The first-order valence-corrected chi connectivity index (χ1v) is 14.2. The third-order valence-corrected chi connectivity index (χ3v) is 7.88. The molecule has 1 fully saturated rings. The number of carbonyl (C=O) groups excluding carboxylic acids is 1. The molecule has 1 aliphatic heterocycles. The molecule has 216 valence electrons. The van der Waals surface area contributed by atoms with Crippen molar-refractivity contribution in [2.45, 2.75) is 71.9 Å². The highest BCUT2D eigenvalue weighted by atomic mass is 16.5. The van der Waals surface area contributed by atoms with Crippen LogP contribution in [0.5, 0.6) is 0 Å². The van der Waals surface area contributed by atoms with Crippen LogP contribution >= 0.6 is 0 Å². The number of carbonyl (C=O) groups is 1. The van der Waals surface area contributed by atoms with Gasteiger partial charge in [-0.2, -0.15) is 0 Å². The maximum atomic E-state index is 13.0. The van der Waals surface area contributed by atoms with E-state index in [9.17, 15) is 4.79 Å². The van der Waals surface area contributed by atoms with Crippen molar-refractivity contribution in [1.29, 1.82) is 0 Å². The number of likely N-dealkylation sites (tertiary alicyclic amines) is 1. The Morgan fingerprint density at radius 3 is 2.59 bits per heavy atom. The molecule has 0 spiro atoms. The van der Waals surface area contributed by atoms with Crippen LogP contribution < -0.4 is 10.2 Å². The number of nitrogens with zero attached hydrogens (tertiary/aromatic N) is 7. The van der Waals surface area contributed by atoms with Crippen LogP contribution in [-0.4, -0.2) is 68.2 Å². The number of pyridine rings is 1. The van der Waals surface area contributed by atoms with E-state index in [1.54, 1.807) is 23.0 Å². The van der Waals surface area contributed by atoms with Crippen LogP contribution in [0.3, 0.4) is 0 Å². The van der Waals surface area contributed by atoms with Gasteiger partial charge >= 0.3 is 0 Å². The van der Waals surface area contributed by atoms with Gasteiger partial charge in [0, 0.05) is 61.1 Å². The minimum absolute atomic E-state index is 0.209. The molecule has 0 unspecified atom stereocenters. The first-order chi connectivity index (χ1) is 19.5. The van der Waals surface area contributed by atoms with Crippen molar-refractivity contribution in [3.63, 3.8) is 0 Å². The fraction of sp³-hybridized carbons (Fsp3) is 0.452. The van der Waals surface area contributed by atoms with E-state index in [0.717, 1.165) is 42.9 Å². The lowest BCUT2D eigenvalue weighted by atomic mass is 9.93. The summed E-state index contributed by atoms with van der Waals surface area (Å²) in [5.41, 5.74) is 4.49. The van der Waals surface area contributed by atoms with E-state index >= 15 is 0 Å². The highest BCUT2D eigenvalue weighted by molar-refractivity contribution is 6.03. The summed E-state index contributed by atoms with van der Waals surface area (Å²) in [5.74, 6) is 0.723. The Kier molecular flexibility index (Phi) is 7.95. The van der Waals surface area contributed by atoms with Crippen LogP contribution in [0.15, 0.2) is 53.3 Å². The third-order valence-electron chi connectivity index (χ3n) is 7.88. The number of nitrogens with one attached hydrogen (secondary N) is 1. The smallest absolute Gasteiger partial charge is 0.258 e. The molecule has 4 heterocycles. The molecular weight excluding hydrogens is 516 g/mol. The minimum Gasteiger partial charge on any atom is -0.371 e. The maximum Gasteiger partial charge on any atom is 0.258 e. The summed E-state index contributed by atoms with van der Waals surface area (Å²) in [6.45, 7) is 14.7. The molecule has 0 atom stereocenters. The van der Waals surface area contributed by atoms with Crippen molar-refractivity contribution in [3.05, 3.63) is 65.8 Å². The second-order valence-corrected chi connectivity index (χ2v) is 12.2. The van der Waals surface area contributed by atoms with Crippen LogP contribution in [0, 0.1) is 6.92 Å². The average Bonchev–Trinajstić information content (AvgIpc) is 3.63. The summed E-state index contributed by atoms with van der Waals surface area (Å²) >= 11 is 0. The van der Waals surface area contributed by atoms with E-state index in [4.69, 9.17) is 4.52 Å². The summed E-state index contributed by atoms with van der Waals surface area (Å²) in [4.78, 5) is 22.4. The second kappa shape index (κ2) is 11.4. The summed E-state index contributed by atoms with van der Waals surface area (Å²) in [7, 11) is 2.18. The maximum absolute atomic E-state index is 13.0. The first kappa shape index (κ1) is 28.5. The Bertz CT molecular complexity index is 1510. The summed E-state index contributed by atoms with van der Waals surface area (Å²) in [6.07, 6.45) is 5.72. The predicted molar refractivity (Wildman–Crippen MR) is 161 cm³/mol. The second-order valence-electron chi connectivity index (χ2n) is 12.2. The molecule has 1 N–H and O–H groups in total. The molecule has 0 aliphatic carbocycles. The fourth-order valence-corrected chi connectivity index (χ4v) is 5.15. The monoisotopic (exact) mass is 556 g/mol. The summed E-state index contributed by atoms with van der Waals surface area (Å²) < 4.78 is 7.05. The van der Waals surface area contributed by atoms with Crippen LogP contribution in [0.25, 0.3) is 16.9 Å². The van der Waals surface area contributed by atoms with Gasteiger partial charge in [-0.25, -0.2) is 4.68 Å². The lowest BCUT2D eigenvalue weighted by Gasteiger charge is -2.39. The molecule has 41 heavy (non-hydrogen) atoms. The van der Waals surface area contributed by atoms with Gasteiger partial charge in [-0.3, -0.25) is 9.78 Å². The van der Waals surface area contributed by atoms with E-state index < -0.39 is 0 Å². The van der Waals surface area contributed by atoms with Crippen LogP contribution in [0.1, 0.15) is 69.3 Å². The van der Waals surface area contributed by atoms with E-state index in [0.29, 0.717) is 34.9 Å². The molecule has 10 heteroatoms. The van der Waals surface area contributed by atoms with Gasteiger partial charge in [0.05, 0.1) is 23.1 Å². The molecule has 0 saturated carbocycles. The van der Waals surface area contributed by atoms with Gasteiger partial charge in [-0.15, -0.1) is 5.10 Å². The molecule has 1 aromatic carbocycles. The van der Waals surface area contributed by atoms with Crippen molar-refractivity contribution in [1.82, 2.24) is 30.0 Å². The predicted octanol–water partition coefficient (Wildman–Crippen LogP) is 5.48. The van der Waals surface area contributed by atoms with E-state index in [1.165, 1.54) is 5.69 Å². The number of amides is 1. The summed E-state index contributed by atoms with van der Waals surface area (Å²) in [6, 6.07) is 13.0. The molecule has 5 rings (SSSR count). The van der Waals surface area contributed by atoms with Gasteiger partial charge < -0.3 is 19.6 Å². The SMILES string of the molecule is Cc1ncc(C(=O)Nc2cc(C(C)(C)C)on2)cc1-n1cc(-c2cccc(N(C)C3CCN(C(C)C)CC3)c2)nn1. The van der Waals surface area contributed by atoms with Crippen molar-refractivity contribution >= 4 is 17.4 Å². The van der Waals surface area contributed by atoms with Crippen molar-refractivity contribution in [2.24, 2.45) is 0 Å². The van der Waals surface area contributed by atoms with E-state index in [2.05, 4.69) is 74.7 Å². The number of rotatable bonds is 7. The van der Waals surface area contributed by atoms with Crippen molar-refractivity contribution in [3.8, 4) is 16.9 Å². The zero-order chi connectivity index (χ0) is 29.3. The highest BCUT2D eigenvalue weighted by Gasteiger charge is 2.24. The molecule has 0 bridgehead atoms. The molecule has 0 radical (unpaired) electrons. The molecule has 1 aliphatic rings. The molecule has 10 nitrogen and oxygen atoms in total. The zero-order valence-corrected chi connectivity index (χ0v) is 25.0. The number of aryl methyl sites for hydroxylation is 1. The van der Waals surface area contributed by atoms with Gasteiger partial charge in [0.15, 0.2) is 5.82 Å². The largest absolute Gasteiger partial charge is 0.371 e. The lowest BCUT2D eigenvalue weighted by Crippen LogP contribution is -2.45. The standard InChI is InChI=1S/C31H40N8O2/c1-20(2)38-13-11-24(12-14-38)37(7)25-10-8-9-22(15-25)26-19-39(36-34-26)27-16-23(18-32-21(27)3)30(40)33-29-17-28(41-35-29)31(4,5)6/h8-10,15-20,24H,11-14H2,1-7H3,(H,33,35,40). The van der Waals surface area contributed by atoms with Crippen molar-refractivity contribution in [2.75, 3.05) is 30.4 Å².